The predicted octanol–water partition coefficient (Wildman–Crippen LogP) is 22.2. The third-order valence-corrected chi connectivity index (χ3v) is 22.1. The molecule has 0 amide bonds. The van der Waals surface area contributed by atoms with Crippen LogP contribution in [0.25, 0.3) is 132 Å². The Bertz CT molecular complexity index is 7250. The molecule has 0 saturated carbocycles. The van der Waals surface area contributed by atoms with Gasteiger partial charge in [-0.3, -0.25) is 14.3 Å². The summed E-state index contributed by atoms with van der Waals surface area (Å²) < 4.78 is 84.7. The van der Waals surface area contributed by atoms with Gasteiger partial charge < -0.3 is 69.2 Å². The molecule has 740 valence electrons. The molecule has 11 aromatic carbocycles. The van der Waals surface area contributed by atoms with Crippen molar-refractivity contribution in [3.8, 4) is 39.9 Å². The van der Waals surface area contributed by atoms with E-state index >= 15 is 0 Å². The number of para-hydroxylation sites is 6. The van der Waals surface area contributed by atoms with Gasteiger partial charge in [0.25, 0.3) is 12.0 Å². The molecule has 0 bridgehead atoms. The number of nitrogens with one attached hydrogen (secondary N) is 1. The summed E-state index contributed by atoms with van der Waals surface area (Å²) in [6, 6.07) is 85.5. The van der Waals surface area contributed by atoms with Crippen molar-refractivity contribution in [2.45, 2.75) is 48.0 Å². The van der Waals surface area contributed by atoms with E-state index in [2.05, 4.69) is 178 Å². The second-order valence-electron chi connectivity index (χ2n) is 28.3. The van der Waals surface area contributed by atoms with Crippen LogP contribution in [0, 0.1) is 21.0 Å². The molecule has 0 atom stereocenters. The molecule has 0 radical (unpaired) electrons. The molecule has 8 aromatic heterocycles. The number of carbonyl (C=O) groups excluding carboxylic acids is 1. The fraction of sp³-hybridized carbons (Fsp3) is 0.158. The Morgan fingerprint density at radius 2 is 0.832 bits per heavy atom. The minimum absolute atomic E-state index is 0. The van der Waals surface area contributed by atoms with E-state index in [1.807, 2.05) is 211 Å². The minimum Gasteiger partial charge on any atom is -1.00 e. The number of carbonyl (C=O) groups is 1. The number of alkyl halides is 2. The first-order valence-corrected chi connectivity index (χ1v) is 49.6. The standard InChI is InChI=1S/C16H11BrFNO.C15H10BNO3.C15H9BrFNO.C15H8BrNO.C10H10BNO3.C10H9NO.C6H3BrFI.2C4H8O.CH2Cl2.CH4NP.CH2O3.3CH4.BBr3.HI.2K.H/c1-20-16-13(12-7-6-11(17)9-14(12)18)8-10-4-2-3-5-15(10)19-16;18-16(19)10-5-6-11-12-7-9-3-1-2-4-13(9)17-15(12)20-14(11)8-10;16-10-5-6-11(13(17)8-10)12-7-9-3-1-2-4-14(9)18-15(12)19;16-10-5-6-11-12-7-9-3-1-2-4-13(9)17-15(12)18-14(11)8-10;1-15-10-8(11(13)14)6-7-4-2-3-5-9(7)12-10;1-12-10-7-6-8-4-2-3-5-9(8)11-10;7-4-1-2-6(9)5(8)3-4;2*1-2-4-5-3-1;2-1-3;1-2-3;2-1-4-3;;;;2-1(3)4;;;;/h2-9H,1H3;1-8,18-19H;1-8H,(H,18,19);1-8H;2-6,13-14H,1H3;2-7H,1H3;1-3H;2*1-4H2;1H2;3H,1H3;1,3H;3*1H4;;1H;;;/q;;;;;;;;;;;;;;;;;2*+1;-1/p-1. The molecular formula is C101H97B3Br7Cl2F3I2K2N7O15P. The molecule has 0 unspecified atom stereocenters. The molecule has 0 aliphatic carbocycles. The number of hydrogen-bond donors (Lipinski definition) is 5. The van der Waals surface area contributed by atoms with Crippen molar-refractivity contribution in [1.82, 2.24) is 29.9 Å². The SMILES string of the molecule is BrB(Br)Br.Brc1ccc2c(c1)oc1nc3ccccc3cc12.C.C.C.C1CCOC1.C1CCOC1.CN=P.COc1ccc2ccccc2n1.COc1nc2ccccc2cc1-c1ccc(Br)cc1F.COc1nc2ccccc2cc1B(O)O.ClCCl.Fc1cc(Br)ccc1I.I.O=CO[O-].O=c1[nH]c2ccccc2cc1-c1ccc(Br)cc1F.OB(O)c1ccc2c(c1)oc1nc3ccccc3cc12.[H-].[K+].[K+]. The Hall–Kier alpha value is -5.37. The molecule has 22 nitrogen and oxygen atoms in total. The first kappa shape index (κ1) is 132. The van der Waals surface area contributed by atoms with Gasteiger partial charge in [0, 0.05) is 137 Å². The molecule has 0 spiro atoms. The summed E-state index contributed by atoms with van der Waals surface area (Å²) in [5.41, 5.74) is 10.0. The maximum absolute atomic E-state index is 14.1. The summed E-state index contributed by atoms with van der Waals surface area (Å²) in [5.74, 6) is 0.414. The molecule has 19 aromatic rings. The van der Waals surface area contributed by atoms with Crippen molar-refractivity contribution in [3.63, 3.8) is 0 Å². The van der Waals surface area contributed by atoms with Crippen molar-refractivity contribution in [3.05, 3.63) is 328 Å². The average molecular weight is 2730 g/mol. The maximum atomic E-state index is 14.1. The van der Waals surface area contributed by atoms with Crippen molar-refractivity contribution >= 4 is 334 Å². The van der Waals surface area contributed by atoms with Gasteiger partial charge in [0.1, 0.15) is 28.6 Å². The smallest absolute Gasteiger partial charge is 1.00 e. The molecule has 2 fully saturated rings. The second kappa shape index (κ2) is 70.6. The van der Waals surface area contributed by atoms with Crippen LogP contribution in [-0.4, -0.2) is 134 Å². The van der Waals surface area contributed by atoms with E-state index in [-0.39, 0.29) is 194 Å². The zero-order chi connectivity index (χ0) is 98.9. The van der Waals surface area contributed by atoms with Crippen LogP contribution in [0.3, 0.4) is 0 Å². The number of furan rings is 2. The Kier molecular flexibility index (Phi) is 65.1. The van der Waals surface area contributed by atoms with Crippen molar-refractivity contribution in [1.29, 1.82) is 0 Å². The monoisotopic (exact) mass is 2720 g/mol. The fourth-order valence-electron chi connectivity index (χ4n) is 13.1. The van der Waals surface area contributed by atoms with Gasteiger partial charge in [-0.1, -0.05) is 219 Å². The van der Waals surface area contributed by atoms with Crippen LogP contribution >= 0.6 is 190 Å². The van der Waals surface area contributed by atoms with Crippen molar-refractivity contribution in [2.24, 2.45) is 4.74 Å². The van der Waals surface area contributed by atoms with Gasteiger partial charge in [-0.2, -0.15) is 0 Å². The number of H-pyrrole nitrogens is 1. The molecule has 2 aliphatic rings. The second-order valence-corrected chi connectivity index (χ2v) is 40.8. The molecule has 10 heterocycles. The van der Waals surface area contributed by atoms with Crippen LogP contribution in [-0.2, 0) is 19.2 Å². The Balaban J connectivity index is 0.000000546. The molecule has 21 rings (SSSR count). The van der Waals surface area contributed by atoms with Crippen molar-refractivity contribution in [2.75, 3.05) is 60.1 Å². The van der Waals surface area contributed by atoms with E-state index < -0.39 is 20.1 Å². The van der Waals surface area contributed by atoms with E-state index in [9.17, 15) is 28.0 Å². The predicted molar refractivity (Wildman–Crippen MR) is 618 cm³/mol. The third-order valence-electron chi connectivity index (χ3n) is 19.2. The Morgan fingerprint density at radius 3 is 1.24 bits per heavy atom. The third kappa shape index (κ3) is 41.7. The number of nitrogens with zero attached hydrogens (tertiary/aromatic N) is 6. The minimum atomic E-state index is -1.57. The number of ether oxygens (including phenoxy) is 5. The number of benzene rings is 11. The van der Waals surface area contributed by atoms with Gasteiger partial charge >= 0.3 is 120 Å². The van der Waals surface area contributed by atoms with Gasteiger partial charge in [-0.05, 0) is 208 Å². The van der Waals surface area contributed by atoms with Gasteiger partial charge in [-0.15, -0.1) is 94.4 Å². The van der Waals surface area contributed by atoms with Crippen molar-refractivity contribution < 1.29 is 185 Å². The summed E-state index contributed by atoms with van der Waals surface area (Å²) in [6.45, 7) is 3.82. The van der Waals surface area contributed by atoms with Gasteiger partial charge in [0.05, 0.1) is 59.8 Å². The molecule has 2 aliphatic heterocycles. The summed E-state index contributed by atoms with van der Waals surface area (Å²) in [5, 5.41) is 55.3. The molecule has 143 heavy (non-hydrogen) atoms. The number of halogens is 14. The molecule has 5 N–H and O–H groups in total. The van der Waals surface area contributed by atoms with E-state index in [0.29, 0.717) is 69.0 Å². The van der Waals surface area contributed by atoms with Gasteiger partial charge in [0.2, 0.25) is 29.1 Å². The van der Waals surface area contributed by atoms with Gasteiger partial charge in [0.15, 0.2) is 0 Å². The normalized spacial score (nSPS) is 10.8. The quantitative estimate of drug-likeness (QED) is 0.0138. The summed E-state index contributed by atoms with van der Waals surface area (Å²) in [6.07, 6.45) is 5.11. The number of pyridine rings is 6. The largest absolute Gasteiger partial charge is 1.00 e. The number of methoxy groups -OCH3 is 3. The van der Waals surface area contributed by atoms with Crippen LogP contribution < -0.4 is 139 Å². The first-order chi connectivity index (χ1) is 66.2. The van der Waals surface area contributed by atoms with Crippen LogP contribution in [0.2, 0.25) is 0 Å². The number of fused-ring (bicyclic) bond motifs is 12. The van der Waals surface area contributed by atoms with Gasteiger partial charge in [-0.25, -0.2) is 38.1 Å². The Morgan fingerprint density at radius 1 is 0.469 bits per heavy atom. The Labute approximate surface area is 1020 Å². The summed E-state index contributed by atoms with van der Waals surface area (Å²) in [4.78, 5) is 48.0. The van der Waals surface area contributed by atoms with Crippen LogP contribution in [0.1, 0.15) is 49.4 Å². The van der Waals surface area contributed by atoms with Crippen LogP contribution in [0.4, 0.5) is 13.2 Å². The zero-order valence-electron chi connectivity index (χ0n) is 76.5. The number of rotatable bonds is 8. The maximum Gasteiger partial charge on any atom is 1.00 e. The number of aromatic nitrogens is 6. The topological polar surface area (TPSA) is 312 Å². The van der Waals surface area contributed by atoms with E-state index in [4.69, 9.17) is 75.8 Å². The zero-order valence-corrected chi connectivity index (χ0v) is 99.9. The van der Waals surface area contributed by atoms with E-state index in [0.717, 1.165) is 128 Å². The average Bonchev–Trinajstić information content (AvgIpc) is 1.61. The molecular weight excluding hydrogens is 2630 g/mol. The number of hydrogen-bond acceptors (Lipinski definition) is 21. The van der Waals surface area contributed by atoms with Crippen LogP contribution in [0.15, 0.2) is 315 Å². The molecule has 42 heteroatoms. The van der Waals surface area contributed by atoms with Crippen LogP contribution in [0.5, 0.6) is 17.6 Å². The summed E-state index contributed by atoms with van der Waals surface area (Å²) in [7, 11) is 6.01. The van der Waals surface area contributed by atoms with E-state index in [1.165, 1.54) is 58.1 Å². The molecule has 2 saturated heterocycles. The first-order valence-electron chi connectivity index (χ1n) is 41.1. The number of aromatic amines is 1. The summed E-state index contributed by atoms with van der Waals surface area (Å²) >= 11 is 33.9. The van der Waals surface area contributed by atoms with E-state index in [1.54, 1.807) is 68.8 Å². The fourth-order valence-corrected chi connectivity index (χ4v) is 14.8.